The molecule has 1 saturated heterocycles. The maximum Gasteiger partial charge on any atom is 0.218 e. The van der Waals surface area contributed by atoms with E-state index in [4.69, 9.17) is 32.9 Å². The smallest absolute Gasteiger partial charge is 0.218 e. The van der Waals surface area contributed by atoms with E-state index in [1.165, 1.54) is 0 Å². The summed E-state index contributed by atoms with van der Waals surface area (Å²) in [6.45, 7) is 0.272. The molecule has 0 unspecified atom stereocenters. The molecule has 1 aliphatic heterocycles. The van der Waals surface area contributed by atoms with Crippen molar-refractivity contribution in [1.82, 2.24) is 0 Å². The fourth-order valence-electron chi connectivity index (χ4n) is 4.02. The fraction of sp³-hybridized carbons (Fsp3) is 0.111. The molecule has 0 aliphatic carbocycles. The van der Waals surface area contributed by atoms with E-state index in [1.807, 2.05) is 72.8 Å². The third kappa shape index (κ3) is 4.93. The number of nitrogens with zero attached hydrogens (tertiary/aromatic N) is 2. The van der Waals surface area contributed by atoms with Gasteiger partial charge in [0, 0.05) is 10.0 Å². The molecule has 2 atom stereocenters. The molecule has 0 amide bonds. The van der Waals surface area contributed by atoms with Gasteiger partial charge in [0.1, 0.15) is 0 Å². The second-order valence-electron chi connectivity index (χ2n) is 8.12. The van der Waals surface area contributed by atoms with Crippen LogP contribution in [0, 0.1) is 0 Å². The summed E-state index contributed by atoms with van der Waals surface area (Å²) in [6.07, 6.45) is -0.942. The summed E-state index contributed by atoms with van der Waals surface area (Å²) in [7, 11) is 0. The molecule has 4 aromatic rings. The number of hydrogen-bond donors (Lipinski definition) is 2. The van der Waals surface area contributed by atoms with Gasteiger partial charge in [0.25, 0.3) is 0 Å². The molecular formula is C27H23Cl2N3O3. The lowest BCUT2D eigenvalue weighted by atomic mass is 9.91. The molecule has 5 rings (SSSR count). The van der Waals surface area contributed by atoms with Crippen LogP contribution in [0.2, 0.25) is 10.0 Å². The van der Waals surface area contributed by atoms with Crippen LogP contribution in [-0.2, 0) is 15.3 Å². The zero-order valence-corrected chi connectivity index (χ0v) is 20.1. The first kappa shape index (κ1) is 23.5. The van der Waals surface area contributed by atoms with Gasteiger partial charge in [-0.2, -0.15) is 0 Å². The molecule has 8 heteroatoms. The average Bonchev–Trinajstić information content (AvgIpc) is 3.30. The summed E-state index contributed by atoms with van der Waals surface area (Å²) in [5.41, 5.74) is 4.76. The largest absolute Gasteiger partial charge is 0.286 e. The zero-order valence-electron chi connectivity index (χ0n) is 18.6. The maximum atomic E-state index is 11.4. The van der Waals surface area contributed by atoms with Gasteiger partial charge in [-0.15, -0.1) is 0 Å². The molecule has 4 aromatic carbocycles. The predicted octanol–water partition coefficient (Wildman–Crippen LogP) is 6.91. The summed E-state index contributed by atoms with van der Waals surface area (Å²) in [5, 5.41) is 15.4. The van der Waals surface area contributed by atoms with Crippen molar-refractivity contribution in [2.45, 2.75) is 11.8 Å². The van der Waals surface area contributed by atoms with E-state index in [-0.39, 0.29) is 6.54 Å². The molecule has 1 fully saturated rings. The SMILES string of the molecule is ON(c1ccccc1)[C@H]1ON(c2ccc(Cl)cc2)C[C@@]1(ONc1ccc(Cl)cc1)c1ccccc1. The van der Waals surface area contributed by atoms with Crippen molar-refractivity contribution >= 4 is 40.3 Å². The Morgan fingerprint density at radius 2 is 1.40 bits per heavy atom. The molecule has 0 radical (unpaired) electrons. The Labute approximate surface area is 213 Å². The Morgan fingerprint density at radius 3 is 2.03 bits per heavy atom. The monoisotopic (exact) mass is 507 g/mol. The molecule has 1 aliphatic rings. The topological polar surface area (TPSA) is 57.2 Å². The minimum atomic E-state index is -1.15. The van der Waals surface area contributed by atoms with Crippen molar-refractivity contribution in [2.24, 2.45) is 0 Å². The Morgan fingerprint density at radius 1 is 0.829 bits per heavy atom. The highest BCUT2D eigenvalue weighted by molar-refractivity contribution is 6.30. The first-order valence-electron chi connectivity index (χ1n) is 11.0. The number of rotatable bonds is 7. The first-order valence-corrected chi connectivity index (χ1v) is 11.8. The van der Waals surface area contributed by atoms with Crippen molar-refractivity contribution in [3.05, 3.63) is 125 Å². The second-order valence-corrected chi connectivity index (χ2v) is 8.99. The van der Waals surface area contributed by atoms with E-state index in [9.17, 15) is 5.21 Å². The van der Waals surface area contributed by atoms with E-state index in [2.05, 4.69) is 5.48 Å². The highest BCUT2D eigenvalue weighted by atomic mass is 35.5. The van der Waals surface area contributed by atoms with Crippen LogP contribution in [0.1, 0.15) is 5.56 Å². The number of anilines is 3. The molecule has 178 valence electrons. The lowest BCUT2D eigenvalue weighted by Gasteiger charge is -2.36. The van der Waals surface area contributed by atoms with Gasteiger partial charge in [-0.05, 0) is 66.2 Å². The van der Waals surface area contributed by atoms with Gasteiger partial charge in [0.05, 0.1) is 23.6 Å². The van der Waals surface area contributed by atoms with E-state index in [0.29, 0.717) is 21.4 Å². The molecule has 2 N–H and O–H groups in total. The van der Waals surface area contributed by atoms with Crippen LogP contribution in [0.3, 0.4) is 0 Å². The lowest BCUT2D eigenvalue weighted by molar-refractivity contribution is -0.101. The lowest BCUT2D eigenvalue weighted by Crippen LogP contribution is -2.51. The van der Waals surface area contributed by atoms with Gasteiger partial charge in [0.15, 0.2) is 5.60 Å². The van der Waals surface area contributed by atoms with Crippen molar-refractivity contribution in [3.63, 3.8) is 0 Å². The van der Waals surface area contributed by atoms with Crippen LogP contribution in [-0.4, -0.2) is 18.0 Å². The predicted molar refractivity (Wildman–Crippen MR) is 139 cm³/mol. The van der Waals surface area contributed by atoms with Gasteiger partial charge in [-0.3, -0.25) is 15.5 Å². The number of halogens is 2. The number of para-hydroxylation sites is 1. The van der Waals surface area contributed by atoms with E-state index < -0.39 is 11.8 Å². The molecule has 0 aromatic heterocycles. The van der Waals surface area contributed by atoms with Gasteiger partial charge in [0.2, 0.25) is 6.23 Å². The molecule has 0 spiro atoms. The zero-order chi connectivity index (χ0) is 24.3. The van der Waals surface area contributed by atoms with Crippen molar-refractivity contribution in [2.75, 3.05) is 22.2 Å². The highest BCUT2D eigenvalue weighted by Crippen LogP contribution is 2.43. The van der Waals surface area contributed by atoms with E-state index >= 15 is 0 Å². The van der Waals surface area contributed by atoms with E-state index in [1.54, 1.807) is 41.5 Å². The van der Waals surface area contributed by atoms with Gasteiger partial charge in [-0.1, -0.05) is 71.7 Å². The van der Waals surface area contributed by atoms with Crippen molar-refractivity contribution in [1.29, 1.82) is 0 Å². The van der Waals surface area contributed by atoms with Crippen molar-refractivity contribution in [3.8, 4) is 0 Å². The fourth-order valence-corrected chi connectivity index (χ4v) is 4.27. The molecule has 1 heterocycles. The number of benzene rings is 4. The molecule has 6 nitrogen and oxygen atoms in total. The van der Waals surface area contributed by atoms with Gasteiger partial charge in [-0.25, -0.2) is 15.0 Å². The van der Waals surface area contributed by atoms with Crippen LogP contribution in [0.25, 0.3) is 0 Å². The normalized spacial score (nSPS) is 19.5. The first-order chi connectivity index (χ1) is 17.0. The Kier molecular flexibility index (Phi) is 6.81. The summed E-state index contributed by atoms with van der Waals surface area (Å²) in [6, 6.07) is 33.3. The van der Waals surface area contributed by atoms with Crippen LogP contribution in [0.4, 0.5) is 17.1 Å². The molecule has 0 bridgehead atoms. The quantitative estimate of drug-likeness (QED) is 0.265. The number of nitrogens with one attached hydrogen (secondary N) is 1. The van der Waals surface area contributed by atoms with Gasteiger partial charge < -0.3 is 0 Å². The molecule has 0 saturated carbocycles. The van der Waals surface area contributed by atoms with Gasteiger partial charge >= 0.3 is 0 Å². The Bertz CT molecular complexity index is 1240. The Hall–Kier alpha value is -3.26. The number of hydrogen-bond acceptors (Lipinski definition) is 6. The third-order valence-electron chi connectivity index (χ3n) is 5.82. The standard InChI is InChI=1S/C27H23Cl2N3O3/c28-21-11-15-23(16-12-21)30-35-27(20-7-3-1-4-8-20)19-31(24-17-13-22(29)14-18-24)34-26(27)32(33)25-9-5-2-6-10-25/h1-18,26,30,33H,19H2/t26-,27+/m0/s1. The average molecular weight is 508 g/mol. The van der Waals surface area contributed by atoms with E-state index in [0.717, 1.165) is 16.3 Å². The Balaban J connectivity index is 1.57. The summed E-state index contributed by atoms with van der Waals surface area (Å²) < 4.78 is 0. The summed E-state index contributed by atoms with van der Waals surface area (Å²) >= 11 is 12.2. The summed E-state index contributed by atoms with van der Waals surface area (Å²) in [5.74, 6) is 0. The van der Waals surface area contributed by atoms with Crippen molar-refractivity contribution < 1.29 is 14.9 Å². The molecular weight excluding hydrogens is 485 g/mol. The van der Waals surface area contributed by atoms with Crippen LogP contribution in [0.5, 0.6) is 0 Å². The minimum Gasteiger partial charge on any atom is -0.286 e. The highest BCUT2D eigenvalue weighted by Gasteiger charge is 2.55. The van der Waals surface area contributed by atoms with Crippen LogP contribution in [0.15, 0.2) is 109 Å². The second kappa shape index (κ2) is 10.2. The minimum absolute atomic E-state index is 0.272. The third-order valence-corrected chi connectivity index (χ3v) is 6.32. The van der Waals surface area contributed by atoms with Crippen LogP contribution < -0.4 is 15.6 Å². The maximum absolute atomic E-state index is 11.4. The number of hydroxylamine groups is 2. The summed E-state index contributed by atoms with van der Waals surface area (Å²) in [4.78, 5) is 12.8. The van der Waals surface area contributed by atoms with Crippen LogP contribution >= 0.6 is 23.2 Å². The molecule has 35 heavy (non-hydrogen) atoms.